The molecule has 0 saturated heterocycles. The van der Waals surface area contributed by atoms with Crippen molar-refractivity contribution in [3.8, 4) is 0 Å². The standard InChI is InChI=1S/C9H18BNO4/c1-6-7(3-5-10(14)15)2-4-9(6,11)8(12)13/h6-7,14-15H,2-5,11H2,1H3,(H,12,13)/t6-,7-,9?/m1/s1. The van der Waals surface area contributed by atoms with E-state index in [2.05, 4.69) is 0 Å². The highest BCUT2D eigenvalue weighted by Crippen LogP contribution is 2.41. The first-order chi connectivity index (χ1) is 6.88. The summed E-state index contributed by atoms with van der Waals surface area (Å²) < 4.78 is 0. The van der Waals surface area contributed by atoms with E-state index < -0.39 is 18.6 Å². The summed E-state index contributed by atoms with van der Waals surface area (Å²) >= 11 is 0. The molecule has 5 N–H and O–H groups in total. The molecule has 0 radical (unpaired) electrons. The molecule has 86 valence electrons. The van der Waals surface area contributed by atoms with Gasteiger partial charge in [-0.25, -0.2) is 0 Å². The molecule has 1 unspecified atom stereocenters. The van der Waals surface area contributed by atoms with Gasteiger partial charge in [0.05, 0.1) is 0 Å². The van der Waals surface area contributed by atoms with Crippen molar-refractivity contribution in [3.05, 3.63) is 0 Å². The fraction of sp³-hybridized carbons (Fsp3) is 0.889. The predicted octanol–water partition coefficient (Wildman–Crippen LogP) is -0.323. The second-order valence-corrected chi connectivity index (χ2v) is 4.49. The topological polar surface area (TPSA) is 104 Å². The Morgan fingerprint density at radius 2 is 2.20 bits per heavy atom. The van der Waals surface area contributed by atoms with Crippen molar-refractivity contribution in [2.45, 2.75) is 38.0 Å². The van der Waals surface area contributed by atoms with Gasteiger partial charge < -0.3 is 20.9 Å². The molecule has 15 heavy (non-hydrogen) atoms. The van der Waals surface area contributed by atoms with Crippen LogP contribution in [0.1, 0.15) is 26.2 Å². The molecule has 0 heterocycles. The van der Waals surface area contributed by atoms with Crippen LogP contribution in [0, 0.1) is 11.8 Å². The van der Waals surface area contributed by atoms with Crippen LogP contribution in [0.4, 0.5) is 0 Å². The molecule has 0 aromatic rings. The Kier molecular flexibility index (Phi) is 3.75. The van der Waals surface area contributed by atoms with Crippen LogP contribution in [0.5, 0.6) is 0 Å². The summed E-state index contributed by atoms with van der Waals surface area (Å²) in [6.07, 6.45) is 2.11. The van der Waals surface area contributed by atoms with Gasteiger partial charge in [-0.15, -0.1) is 0 Å². The normalized spacial score (nSPS) is 35.5. The van der Waals surface area contributed by atoms with Crippen LogP contribution in [0.2, 0.25) is 6.32 Å². The molecule has 0 spiro atoms. The van der Waals surface area contributed by atoms with E-state index in [0.29, 0.717) is 12.8 Å². The molecular weight excluding hydrogens is 197 g/mol. The maximum Gasteiger partial charge on any atom is 0.451 e. The molecule has 1 aliphatic rings. The highest BCUT2D eigenvalue weighted by molar-refractivity contribution is 6.40. The zero-order valence-corrected chi connectivity index (χ0v) is 8.89. The molecule has 0 aromatic carbocycles. The molecule has 0 aromatic heterocycles. The van der Waals surface area contributed by atoms with Crippen LogP contribution in [0.25, 0.3) is 0 Å². The Labute approximate surface area is 89.4 Å². The first-order valence-corrected chi connectivity index (χ1v) is 5.26. The van der Waals surface area contributed by atoms with Gasteiger partial charge in [0.1, 0.15) is 5.54 Å². The molecule has 0 aliphatic heterocycles. The van der Waals surface area contributed by atoms with Crippen LogP contribution in [-0.2, 0) is 4.79 Å². The van der Waals surface area contributed by atoms with Gasteiger partial charge in [-0.1, -0.05) is 13.3 Å². The molecule has 0 bridgehead atoms. The first kappa shape index (κ1) is 12.5. The summed E-state index contributed by atoms with van der Waals surface area (Å²) in [5.74, 6) is -0.899. The van der Waals surface area contributed by atoms with Gasteiger partial charge >= 0.3 is 13.1 Å². The maximum absolute atomic E-state index is 11.0. The lowest BCUT2D eigenvalue weighted by Crippen LogP contribution is -2.51. The van der Waals surface area contributed by atoms with Crippen molar-refractivity contribution < 1.29 is 19.9 Å². The van der Waals surface area contributed by atoms with Gasteiger partial charge in [-0.3, -0.25) is 4.79 Å². The Bertz CT molecular complexity index is 248. The Balaban J connectivity index is 2.56. The van der Waals surface area contributed by atoms with E-state index in [1.54, 1.807) is 0 Å². The summed E-state index contributed by atoms with van der Waals surface area (Å²) in [7, 11) is -1.31. The summed E-state index contributed by atoms with van der Waals surface area (Å²) in [5, 5.41) is 26.5. The summed E-state index contributed by atoms with van der Waals surface area (Å²) in [4.78, 5) is 11.0. The lowest BCUT2D eigenvalue weighted by molar-refractivity contribution is -0.144. The van der Waals surface area contributed by atoms with Gasteiger partial charge in [0.25, 0.3) is 0 Å². The van der Waals surface area contributed by atoms with Crippen molar-refractivity contribution in [1.82, 2.24) is 0 Å². The third kappa shape index (κ3) is 2.51. The second kappa shape index (κ2) is 4.51. The number of carbonyl (C=O) groups is 1. The minimum atomic E-state index is -1.31. The lowest BCUT2D eigenvalue weighted by atomic mass is 9.76. The summed E-state index contributed by atoms with van der Waals surface area (Å²) in [6.45, 7) is 1.83. The molecular formula is C9H18BNO4. The average molecular weight is 215 g/mol. The van der Waals surface area contributed by atoms with Gasteiger partial charge in [0, 0.05) is 0 Å². The van der Waals surface area contributed by atoms with Crippen molar-refractivity contribution in [1.29, 1.82) is 0 Å². The number of hydrogen-bond acceptors (Lipinski definition) is 4. The monoisotopic (exact) mass is 215 g/mol. The number of carboxylic acids is 1. The van der Waals surface area contributed by atoms with E-state index in [1.807, 2.05) is 6.92 Å². The molecule has 1 fully saturated rings. The van der Waals surface area contributed by atoms with Crippen molar-refractivity contribution >= 4 is 13.1 Å². The zero-order valence-electron chi connectivity index (χ0n) is 8.89. The Morgan fingerprint density at radius 3 is 2.60 bits per heavy atom. The van der Waals surface area contributed by atoms with E-state index in [1.165, 1.54) is 0 Å². The van der Waals surface area contributed by atoms with E-state index >= 15 is 0 Å². The summed E-state index contributed by atoms with van der Waals surface area (Å²) in [6, 6.07) is 0. The number of hydrogen-bond donors (Lipinski definition) is 4. The van der Waals surface area contributed by atoms with E-state index in [9.17, 15) is 4.79 Å². The van der Waals surface area contributed by atoms with E-state index in [0.717, 1.165) is 6.42 Å². The highest BCUT2D eigenvalue weighted by atomic mass is 16.4. The molecule has 1 aliphatic carbocycles. The fourth-order valence-electron chi connectivity index (χ4n) is 2.38. The highest BCUT2D eigenvalue weighted by Gasteiger charge is 2.48. The third-order valence-corrected chi connectivity index (χ3v) is 3.64. The maximum atomic E-state index is 11.0. The van der Waals surface area contributed by atoms with E-state index in [4.69, 9.17) is 20.9 Å². The van der Waals surface area contributed by atoms with Crippen LogP contribution >= 0.6 is 0 Å². The average Bonchev–Trinajstić information content (AvgIpc) is 2.42. The van der Waals surface area contributed by atoms with Crippen LogP contribution in [0.3, 0.4) is 0 Å². The largest absolute Gasteiger partial charge is 0.480 e. The van der Waals surface area contributed by atoms with Gasteiger partial charge in [-0.2, -0.15) is 0 Å². The van der Waals surface area contributed by atoms with Crippen LogP contribution < -0.4 is 5.73 Å². The minimum absolute atomic E-state index is 0.117. The molecule has 5 nitrogen and oxygen atoms in total. The minimum Gasteiger partial charge on any atom is -0.480 e. The molecule has 1 rings (SSSR count). The number of rotatable bonds is 4. The quantitative estimate of drug-likeness (QED) is 0.481. The number of carboxylic acid groups (broad SMARTS) is 1. The number of aliphatic carboxylic acids is 1. The molecule has 3 atom stereocenters. The lowest BCUT2D eigenvalue weighted by Gasteiger charge is -2.26. The van der Waals surface area contributed by atoms with Gasteiger partial charge in [0.15, 0.2) is 0 Å². The second-order valence-electron chi connectivity index (χ2n) is 4.49. The molecule has 6 heteroatoms. The van der Waals surface area contributed by atoms with Crippen molar-refractivity contribution in [2.75, 3.05) is 0 Å². The smallest absolute Gasteiger partial charge is 0.451 e. The van der Waals surface area contributed by atoms with Crippen molar-refractivity contribution in [3.63, 3.8) is 0 Å². The Hall–Kier alpha value is -0.585. The molecule has 1 saturated carbocycles. The Morgan fingerprint density at radius 1 is 1.60 bits per heavy atom. The third-order valence-electron chi connectivity index (χ3n) is 3.64. The number of nitrogens with two attached hydrogens (primary N) is 1. The predicted molar refractivity (Wildman–Crippen MR) is 56.1 cm³/mol. The molecule has 0 amide bonds. The van der Waals surface area contributed by atoms with E-state index in [-0.39, 0.29) is 18.2 Å². The van der Waals surface area contributed by atoms with Gasteiger partial charge in [0.2, 0.25) is 0 Å². The summed E-state index contributed by atoms with van der Waals surface area (Å²) in [5.41, 5.74) is 4.68. The first-order valence-electron chi connectivity index (χ1n) is 5.26. The fourth-order valence-corrected chi connectivity index (χ4v) is 2.38. The van der Waals surface area contributed by atoms with Gasteiger partial charge in [-0.05, 0) is 31.0 Å². The van der Waals surface area contributed by atoms with Crippen LogP contribution in [-0.4, -0.2) is 33.8 Å². The zero-order chi connectivity index (χ0) is 11.6. The SMILES string of the molecule is C[C@@H]1[C@@H](CCB(O)O)CCC1(N)C(=O)O. The van der Waals surface area contributed by atoms with Crippen molar-refractivity contribution in [2.24, 2.45) is 17.6 Å². The van der Waals surface area contributed by atoms with Crippen LogP contribution in [0.15, 0.2) is 0 Å².